The summed E-state index contributed by atoms with van der Waals surface area (Å²) >= 11 is 1.72. The van der Waals surface area contributed by atoms with Gasteiger partial charge in [0.05, 0.1) is 11.0 Å². The van der Waals surface area contributed by atoms with Gasteiger partial charge in [-0.05, 0) is 63.9 Å². The average molecular weight is 333 g/mol. The van der Waals surface area contributed by atoms with E-state index in [9.17, 15) is 0 Å². The molecule has 5 nitrogen and oxygen atoms in total. The van der Waals surface area contributed by atoms with Crippen LogP contribution in [0.1, 0.15) is 42.5 Å². The van der Waals surface area contributed by atoms with Crippen LogP contribution < -0.4 is 0 Å². The van der Waals surface area contributed by atoms with Gasteiger partial charge >= 0.3 is 0 Å². The molecule has 0 unspecified atom stereocenters. The lowest BCUT2D eigenvalue weighted by molar-refractivity contribution is 0.114. The van der Waals surface area contributed by atoms with E-state index in [1.807, 2.05) is 0 Å². The lowest BCUT2D eigenvalue weighted by atomic mass is 9.94. The number of aromatic nitrogens is 2. The van der Waals surface area contributed by atoms with E-state index in [1.54, 1.807) is 11.3 Å². The number of thiophene rings is 1. The number of piperidine rings is 1. The Hall–Kier alpha value is -1.24. The van der Waals surface area contributed by atoms with E-state index in [4.69, 9.17) is 9.26 Å². The van der Waals surface area contributed by atoms with E-state index in [-0.39, 0.29) is 6.10 Å². The molecular weight excluding hydrogens is 310 g/mol. The summed E-state index contributed by atoms with van der Waals surface area (Å²) in [6.45, 7) is 3.22. The SMILES string of the molecule is CN1CCC(Cc2noc(-c3ccc([C@@H]4CCCO4)s3)n2)CC1. The minimum Gasteiger partial charge on any atom is -0.373 e. The molecule has 0 amide bonds. The van der Waals surface area contributed by atoms with Crippen LogP contribution >= 0.6 is 11.3 Å². The molecule has 2 aliphatic heterocycles. The average Bonchev–Trinajstić information content (AvgIpc) is 3.30. The van der Waals surface area contributed by atoms with Gasteiger partial charge in [-0.25, -0.2) is 0 Å². The van der Waals surface area contributed by atoms with Gasteiger partial charge in [0, 0.05) is 17.9 Å². The summed E-state index contributed by atoms with van der Waals surface area (Å²) in [5, 5.41) is 4.19. The highest BCUT2D eigenvalue weighted by atomic mass is 32.1. The van der Waals surface area contributed by atoms with Crippen molar-refractivity contribution in [2.45, 2.75) is 38.2 Å². The molecule has 0 bridgehead atoms. The predicted octanol–water partition coefficient (Wildman–Crippen LogP) is 3.53. The molecule has 2 aromatic heterocycles. The van der Waals surface area contributed by atoms with Gasteiger partial charge in [0.2, 0.25) is 0 Å². The quantitative estimate of drug-likeness (QED) is 0.856. The number of likely N-dealkylation sites (tertiary alicyclic amines) is 1. The van der Waals surface area contributed by atoms with Crippen molar-refractivity contribution in [3.8, 4) is 10.8 Å². The highest BCUT2D eigenvalue weighted by Crippen LogP contribution is 2.36. The second-order valence-electron chi connectivity index (χ2n) is 6.67. The Bertz CT molecular complexity index is 640. The Morgan fingerprint density at radius 2 is 2.13 bits per heavy atom. The summed E-state index contributed by atoms with van der Waals surface area (Å²) in [5.74, 6) is 2.19. The summed E-state index contributed by atoms with van der Waals surface area (Å²) < 4.78 is 11.2. The van der Waals surface area contributed by atoms with E-state index in [1.165, 1.54) is 30.8 Å². The van der Waals surface area contributed by atoms with Gasteiger partial charge in [0.15, 0.2) is 5.82 Å². The normalized spacial score (nSPS) is 23.6. The number of hydrogen-bond acceptors (Lipinski definition) is 6. The zero-order valence-electron chi connectivity index (χ0n) is 13.5. The highest BCUT2D eigenvalue weighted by Gasteiger charge is 2.22. The zero-order chi connectivity index (χ0) is 15.6. The number of hydrogen-bond donors (Lipinski definition) is 0. The van der Waals surface area contributed by atoms with E-state index in [0.717, 1.165) is 36.6 Å². The number of rotatable bonds is 4. The zero-order valence-corrected chi connectivity index (χ0v) is 14.3. The first kappa shape index (κ1) is 15.3. The first-order valence-electron chi connectivity index (χ1n) is 8.51. The molecule has 1 atom stereocenters. The van der Waals surface area contributed by atoms with Crippen LogP contribution in [0.2, 0.25) is 0 Å². The monoisotopic (exact) mass is 333 g/mol. The fourth-order valence-corrected chi connectivity index (χ4v) is 4.42. The van der Waals surface area contributed by atoms with Crippen LogP contribution in [0.5, 0.6) is 0 Å². The van der Waals surface area contributed by atoms with Crippen LogP contribution in [0.4, 0.5) is 0 Å². The van der Waals surface area contributed by atoms with Crippen LogP contribution in [0.15, 0.2) is 16.7 Å². The lowest BCUT2D eigenvalue weighted by Crippen LogP contribution is -2.31. The molecule has 0 spiro atoms. The molecule has 124 valence electrons. The second kappa shape index (κ2) is 6.71. The van der Waals surface area contributed by atoms with E-state index < -0.39 is 0 Å². The van der Waals surface area contributed by atoms with Crippen molar-refractivity contribution in [2.75, 3.05) is 26.7 Å². The lowest BCUT2D eigenvalue weighted by Gasteiger charge is -2.27. The Kier molecular flexibility index (Phi) is 4.46. The van der Waals surface area contributed by atoms with Crippen molar-refractivity contribution in [1.29, 1.82) is 0 Å². The fourth-order valence-electron chi connectivity index (χ4n) is 3.40. The molecule has 6 heteroatoms. The number of ether oxygens (including phenoxy) is 1. The molecule has 0 radical (unpaired) electrons. The molecular formula is C17H23N3O2S. The Morgan fingerprint density at radius 1 is 1.26 bits per heavy atom. The first-order valence-corrected chi connectivity index (χ1v) is 9.32. The molecule has 0 saturated carbocycles. The van der Waals surface area contributed by atoms with Crippen LogP contribution in [-0.2, 0) is 11.2 Å². The van der Waals surface area contributed by atoms with Gasteiger partial charge in [0.1, 0.15) is 0 Å². The van der Waals surface area contributed by atoms with Gasteiger partial charge in [-0.2, -0.15) is 4.98 Å². The summed E-state index contributed by atoms with van der Waals surface area (Å²) in [4.78, 5) is 9.32. The topological polar surface area (TPSA) is 51.4 Å². The predicted molar refractivity (Wildman–Crippen MR) is 89.5 cm³/mol. The van der Waals surface area contributed by atoms with Crippen molar-refractivity contribution in [2.24, 2.45) is 5.92 Å². The molecule has 0 N–H and O–H groups in total. The Labute approximate surface area is 140 Å². The molecule has 0 aromatic carbocycles. The van der Waals surface area contributed by atoms with E-state index >= 15 is 0 Å². The largest absolute Gasteiger partial charge is 0.373 e. The molecule has 0 aliphatic carbocycles. The molecule has 4 heterocycles. The van der Waals surface area contributed by atoms with Crippen molar-refractivity contribution in [3.63, 3.8) is 0 Å². The standard InChI is InChI=1S/C17H23N3O2S/c1-20-8-6-12(7-9-20)11-16-18-17(22-19-16)15-5-4-14(23-15)13-3-2-10-21-13/h4-5,12-13H,2-3,6-11H2,1H3/t13-/m0/s1. The minimum atomic E-state index is 0.260. The summed E-state index contributed by atoms with van der Waals surface area (Å²) in [7, 11) is 2.19. The van der Waals surface area contributed by atoms with Crippen LogP contribution in [-0.4, -0.2) is 41.8 Å². The van der Waals surface area contributed by atoms with Crippen LogP contribution in [0, 0.1) is 5.92 Å². The Morgan fingerprint density at radius 3 is 2.91 bits per heavy atom. The summed E-state index contributed by atoms with van der Waals surface area (Å²) in [6.07, 6.45) is 5.91. The third kappa shape index (κ3) is 3.49. The van der Waals surface area contributed by atoms with Gasteiger partial charge in [0.25, 0.3) is 5.89 Å². The van der Waals surface area contributed by atoms with Gasteiger partial charge < -0.3 is 14.2 Å². The van der Waals surface area contributed by atoms with Crippen molar-refractivity contribution in [3.05, 3.63) is 22.8 Å². The van der Waals surface area contributed by atoms with Crippen molar-refractivity contribution >= 4 is 11.3 Å². The maximum atomic E-state index is 5.74. The van der Waals surface area contributed by atoms with Crippen molar-refractivity contribution in [1.82, 2.24) is 15.0 Å². The second-order valence-corrected chi connectivity index (χ2v) is 7.79. The molecule has 2 saturated heterocycles. The maximum absolute atomic E-state index is 5.74. The van der Waals surface area contributed by atoms with Gasteiger partial charge in [-0.15, -0.1) is 11.3 Å². The molecule has 2 fully saturated rings. The van der Waals surface area contributed by atoms with E-state index in [0.29, 0.717) is 11.8 Å². The smallest absolute Gasteiger partial charge is 0.267 e. The maximum Gasteiger partial charge on any atom is 0.267 e. The third-order valence-electron chi connectivity index (χ3n) is 4.86. The third-order valence-corrected chi connectivity index (χ3v) is 6.03. The minimum absolute atomic E-state index is 0.260. The molecule has 23 heavy (non-hydrogen) atoms. The molecule has 2 aromatic rings. The van der Waals surface area contributed by atoms with Crippen LogP contribution in [0.25, 0.3) is 10.8 Å². The Balaban J connectivity index is 1.41. The molecule has 2 aliphatic rings. The molecule has 4 rings (SSSR count). The summed E-state index contributed by atoms with van der Waals surface area (Å²) in [6, 6.07) is 4.21. The van der Waals surface area contributed by atoms with Gasteiger partial charge in [-0.3, -0.25) is 0 Å². The highest BCUT2D eigenvalue weighted by molar-refractivity contribution is 7.15. The van der Waals surface area contributed by atoms with Gasteiger partial charge in [-0.1, -0.05) is 5.16 Å². The van der Waals surface area contributed by atoms with Crippen LogP contribution in [0.3, 0.4) is 0 Å². The number of nitrogens with zero attached hydrogens (tertiary/aromatic N) is 3. The van der Waals surface area contributed by atoms with E-state index in [2.05, 4.69) is 34.2 Å². The summed E-state index contributed by atoms with van der Waals surface area (Å²) in [5.41, 5.74) is 0. The fraction of sp³-hybridized carbons (Fsp3) is 0.647. The van der Waals surface area contributed by atoms with Crippen molar-refractivity contribution < 1.29 is 9.26 Å². The first-order chi connectivity index (χ1) is 11.3.